The van der Waals surface area contributed by atoms with Crippen molar-refractivity contribution in [2.45, 2.75) is 77.2 Å². The van der Waals surface area contributed by atoms with Gasteiger partial charge in [0.2, 0.25) is 0 Å². The second-order valence-electron chi connectivity index (χ2n) is 10.3. The van der Waals surface area contributed by atoms with E-state index >= 15 is 0 Å². The van der Waals surface area contributed by atoms with E-state index in [9.17, 15) is 14.7 Å². The fourth-order valence-electron chi connectivity index (χ4n) is 4.47. The quantitative estimate of drug-likeness (QED) is 0.226. The Morgan fingerprint density at radius 1 is 0.892 bits per heavy atom. The Bertz CT molecular complexity index is 1000. The van der Waals surface area contributed by atoms with E-state index in [-0.39, 0.29) is 5.04 Å². The number of carbonyl (C=O) groups is 2. The van der Waals surface area contributed by atoms with Gasteiger partial charge in [-0.25, -0.2) is 9.59 Å². The molecule has 0 aliphatic rings. The predicted molar refractivity (Wildman–Crippen MR) is 149 cm³/mol. The summed E-state index contributed by atoms with van der Waals surface area (Å²) in [6.07, 6.45) is 5.35. The van der Waals surface area contributed by atoms with Crippen molar-refractivity contribution in [1.82, 2.24) is 0 Å². The van der Waals surface area contributed by atoms with Crippen molar-refractivity contribution in [3.8, 4) is 0 Å². The smallest absolute Gasteiger partial charge is 0.330 e. The summed E-state index contributed by atoms with van der Waals surface area (Å²) in [5.74, 6) is -1.51. The monoisotopic (exact) mass is 524 g/mol. The van der Waals surface area contributed by atoms with Gasteiger partial charge >= 0.3 is 11.9 Å². The number of ether oxygens (including phenoxy) is 1. The molecule has 2 rings (SSSR count). The van der Waals surface area contributed by atoms with E-state index in [2.05, 4.69) is 45.0 Å². The summed E-state index contributed by atoms with van der Waals surface area (Å²) in [4.78, 5) is 23.5. The van der Waals surface area contributed by atoms with Gasteiger partial charge in [0.25, 0.3) is 8.32 Å². The zero-order valence-corrected chi connectivity index (χ0v) is 23.5. The van der Waals surface area contributed by atoms with Crippen LogP contribution in [-0.4, -0.2) is 48.8 Å². The Hall–Kier alpha value is -3.00. The number of carboxylic acids is 1. The minimum Gasteiger partial charge on any atom is -0.478 e. The lowest BCUT2D eigenvalue weighted by Gasteiger charge is -2.45. The standard InChI is InChI=1S/C30H40O6Si/c1-23(31)14-12-21-29(34)35-24(2)22-25(15-13-20-28(32)33)36-37(30(3,4)5,26-16-8-6-9-17-26)27-18-10-7-11-19-27/h6-13,16-21,23-25,31H,14-15,22H2,1-5H3,(H,32,33)/b20-13+,21-12+/t23-,24-,25+/m1/s1. The minimum absolute atomic E-state index is 0.256. The Kier molecular flexibility index (Phi) is 11.5. The molecule has 0 aromatic heterocycles. The third-order valence-electron chi connectivity index (χ3n) is 6.06. The molecule has 0 unspecified atom stereocenters. The Labute approximate surface area is 221 Å². The first-order chi connectivity index (χ1) is 17.5. The number of carbonyl (C=O) groups excluding carboxylic acids is 1. The van der Waals surface area contributed by atoms with Crippen LogP contribution in [0.2, 0.25) is 5.04 Å². The Morgan fingerprint density at radius 2 is 1.41 bits per heavy atom. The van der Waals surface area contributed by atoms with Gasteiger partial charge in [0.15, 0.2) is 0 Å². The second-order valence-corrected chi connectivity index (χ2v) is 14.6. The largest absolute Gasteiger partial charge is 0.478 e. The van der Waals surface area contributed by atoms with Crippen LogP contribution in [0.5, 0.6) is 0 Å². The summed E-state index contributed by atoms with van der Waals surface area (Å²) in [5, 5.41) is 20.5. The van der Waals surface area contributed by atoms with Gasteiger partial charge in [-0.05, 0) is 42.1 Å². The van der Waals surface area contributed by atoms with E-state index in [4.69, 9.17) is 14.3 Å². The zero-order valence-electron chi connectivity index (χ0n) is 22.5. The molecular weight excluding hydrogens is 484 g/mol. The predicted octanol–water partition coefficient (Wildman–Crippen LogP) is 4.61. The van der Waals surface area contributed by atoms with Crippen LogP contribution in [0.25, 0.3) is 0 Å². The highest BCUT2D eigenvalue weighted by atomic mass is 28.4. The number of aliphatic carboxylic acids is 1. The summed E-state index contributed by atoms with van der Waals surface area (Å²) in [7, 11) is -2.89. The molecule has 3 atom stereocenters. The summed E-state index contributed by atoms with van der Waals surface area (Å²) >= 11 is 0. The van der Waals surface area contributed by atoms with Crippen LogP contribution in [0.15, 0.2) is 85.0 Å². The van der Waals surface area contributed by atoms with Crippen LogP contribution < -0.4 is 10.4 Å². The average molecular weight is 525 g/mol. The molecule has 0 saturated carbocycles. The van der Waals surface area contributed by atoms with Gasteiger partial charge in [0.05, 0.1) is 12.2 Å². The molecule has 7 heteroatoms. The van der Waals surface area contributed by atoms with Crippen LogP contribution in [-0.2, 0) is 18.8 Å². The fourth-order valence-corrected chi connectivity index (χ4v) is 9.18. The first-order valence-corrected chi connectivity index (χ1v) is 14.6. The van der Waals surface area contributed by atoms with Crippen molar-refractivity contribution in [1.29, 1.82) is 0 Å². The molecule has 200 valence electrons. The van der Waals surface area contributed by atoms with E-state index in [1.807, 2.05) is 43.3 Å². The number of aliphatic hydroxyl groups excluding tert-OH is 1. The highest BCUT2D eigenvalue weighted by molar-refractivity contribution is 6.99. The van der Waals surface area contributed by atoms with E-state index in [1.54, 1.807) is 19.1 Å². The molecule has 2 aromatic carbocycles. The molecule has 0 fully saturated rings. The van der Waals surface area contributed by atoms with Crippen molar-refractivity contribution in [2.75, 3.05) is 0 Å². The first kappa shape index (κ1) is 30.2. The molecule has 0 radical (unpaired) electrons. The van der Waals surface area contributed by atoms with Crippen molar-refractivity contribution in [3.05, 3.63) is 85.0 Å². The third-order valence-corrected chi connectivity index (χ3v) is 11.2. The van der Waals surface area contributed by atoms with Crippen LogP contribution in [0.4, 0.5) is 0 Å². The van der Waals surface area contributed by atoms with Gasteiger partial charge in [-0.15, -0.1) is 0 Å². The van der Waals surface area contributed by atoms with Gasteiger partial charge in [-0.2, -0.15) is 0 Å². The van der Waals surface area contributed by atoms with E-state index < -0.39 is 38.6 Å². The van der Waals surface area contributed by atoms with Crippen molar-refractivity contribution in [2.24, 2.45) is 0 Å². The molecule has 2 N–H and O–H groups in total. The second kappa shape index (κ2) is 14.1. The van der Waals surface area contributed by atoms with E-state index in [0.29, 0.717) is 19.3 Å². The van der Waals surface area contributed by atoms with Crippen molar-refractivity contribution >= 4 is 30.6 Å². The highest BCUT2D eigenvalue weighted by Gasteiger charge is 2.51. The third kappa shape index (κ3) is 9.11. The molecule has 0 aliphatic heterocycles. The van der Waals surface area contributed by atoms with Gasteiger partial charge in [0.1, 0.15) is 6.10 Å². The number of rotatable bonds is 13. The fraction of sp³-hybridized carbons (Fsp3) is 0.400. The molecule has 0 heterocycles. The van der Waals surface area contributed by atoms with Gasteiger partial charge < -0.3 is 19.4 Å². The van der Waals surface area contributed by atoms with Crippen LogP contribution in [0, 0.1) is 0 Å². The number of hydrogen-bond donors (Lipinski definition) is 2. The van der Waals surface area contributed by atoms with E-state index in [0.717, 1.165) is 16.4 Å². The molecule has 6 nitrogen and oxygen atoms in total. The number of carboxylic acid groups (broad SMARTS) is 1. The SMILES string of the molecule is C[C@H](C[C@H](C/C=C/C(=O)O)O[Si](c1ccccc1)(c1ccccc1)C(C)(C)C)OC(=O)/C=C/C[C@@H](C)O. The highest BCUT2D eigenvalue weighted by Crippen LogP contribution is 2.38. The molecular formula is C30H40O6Si. The Morgan fingerprint density at radius 3 is 1.86 bits per heavy atom. The molecule has 0 saturated heterocycles. The normalized spacial score (nSPS) is 15.0. The topological polar surface area (TPSA) is 93.1 Å². The van der Waals surface area contributed by atoms with Gasteiger partial charge in [0, 0.05) is 18.6 Å². The van der Waals surface area contributed by atoms with Crippen LogP contribution >= 0.6 is 0 Å². The lowest BCUT2D eigenvalue weighted by Crippen LogP contribution is -2.67. The number of aliphatic hydroxyl groups is 1. The molecule has 0 aliphatic carbocycles. The number of hydrogen-bond acceptors (Lipinski definition) is 5. The first-order valence-electron chi connectivity index (χ1n) is 12.7. The van der Waals surface area contributed by atoms with Gasteiger partial charge in [-0.1, -0.05) is 93.6 Å². The maximum atomic E-state index is 12.3. The number of esters is 1. The molecule has 0 amide bonds. The summed E-state index contributed by atoms with van der Waals surface area (Å²) in [6.45, 7) is 10.00. The molecule has 0 spiro atoms. The molecule has 2 aromatic rings. The minimum atomic E-state index is -2.89. The van der Waals surface area contributed by atoms with Gasteiger partial charge in [-0.3, -0.25) is 0 Å². The zero-order chi connectivity index (χ0) is 27.5. The maximum absolute atomic E-state index is 12.3. The van der Waals surface area contributed by atoms with Crippen molar-refractivity contribution < 1.29 is 29.0 Å². The van der Waals surface area contributed by atoms with Crippen LogP contribution in [0.3, 0.4) is 0 Å². The average Bonchev–Trinajstić information content (AvgIpc) is 2.82. The van der Waals surface area contributed by atoms with Crippen LogP contribution in [0.1, 0.15) is 53.9 Å². The summed E-state index contributed by atoms with van der Waals surface area (Å²) in [6, 6.07) is 20.4. The lowest BCUT2D eigenvalue weighted by atomic mass is 10.1. The maximum Gasteiger partial charge on any atom is 0.330 e. The lowest BCUT2D eigenvalue weighted by molar-refractivity contribution is -0.143. The van der Waals surface area contributed by atoms with E-state index in [1.165, 1.54) is 6.08 Å². The Balaban J connectivity index is 2.44. The number of benzene rings is 2. The summed E-state index contributed by atoms with van der Waals surface area (Å²) in [5.41, 5.74) is 0. The van der Waals surface area contributed by atoms with Crippen molar-refractivity contribution in [3.63, 3.8) is 0 Å². The molecule has 0 bridgehead atoms. The summed E-state index contributed by atoms with van der Waals surface area (Å²) < 4.78 is 12.8. The molecule has 37 heavy (non-hydrogen) atoms.